The van der Waals surface area contributed by atoms with Gasteiger partial charge in [0.1, 0.15) is 5.82 Å². The van der Waals surface area contributed by atoms with E-state index in [-0.39, 0.29) is 23.8 Å². The molecule has 0 aliphatic carbocycles. The minimum absolute atomic E-state index is 0.178. The van der Waals surface area contributed by atoms with Crippen LogP contribution in [0, 0.1) is 5.82 Å². The van der Waals surface area contributed by atoms with Crippen LogP contribution in [0.25, 0.3) is 0 Å². The van der Waals surface area contributed by atoms with E-state index in [9.17, 15) is 9.18 Å². The van der Waals surface area contributed by atoms with Gasteiger partial charge >= 0.3 is 0 Å². The summed E-state index contributed by atoms with van der Waals surface area (Å²) >= 11 is 3.19. The van der Waals surface area contributed by atoms with E-state index in [2.05, 4.69) is 26.1 Å². The van der Waals surface area contributed by atoms with Gasteiger partial charge in [-0.3, -0.25) is 9.69 Å². The van der Waals surface area contributed by atoms with Gasteiger partial charge in [0.25, 0.3) is 0 Å². The average Bonchev–Trinajstić information content (AvgIpc) is 2.39. The first-order chi connectivity index (χ1) is 9.94. The van der Waals surface area contributed by atoms with Gasteiger partial charge in [-0.25, -0.2) is 4.39 Å². The van der Waals surface area contributed by atoms with Crippen molar-refractivity contribution in [1.82, 2.24) is 4.90 Å². The van der Waals surface area contributed by atoms with Gasteiger partial charge in [-0.2, -0.15) is 0 Å². The van der Waals surface area contributed by atoms with Crippen molar-refractivity contribution in [3.05, 3.63) is 28.5 Å². The number of halogens is 2. The van der Waals surface area contributed by atoms with Crippen LogP contribution >= 0.6 is 15.9 Å². The van der Waals surface area contributed by atoms with Gasteiger partial charge in [0.15, 0.2) is 0 Å². The molecule has 0 radical (unpaired) electrons. The summed E-state index contributed by atoms with van der Waals surface area (Å²) in [4.78, 5) is 14.1. The van der Waals surface area contributed by atoms with Gasteiger partial charge in [0.05, 0.1) is 17.9 Å². The SMILES string of the molecule is CC1CN(CCC(=O)Nc2ccc(Br)cc2F)CC(C)O1. The summed E-state index contributed by atoms with van der Waals surface area (Å²) in [6.45, 7) is 6.36. The van der Waals surface area contributed by atoms with E-state index >= 15 is 0 Å². The number of anilines is 1. The number of amides is 1. The molecule has 1 N–H and O–H groups in total. The lowest BCUT2D eigenvalue weighted by Gasteiger charge is -2.35. The number of nitrogens with zero attached hydrogens (tertiary/aromatic N) is 1. The lowest BCUT2D eigenvalue weighted by Crippen LogP contribution is -2.46. The summed E-state index contributed by atoms with van der Waals surface area (Å²) in [6, 6.07) is 4.58. The van der Waals surface area contributed by atoms with Crippen molar-refractivity contribution in [1.29, 1.82) is 0 Å². The molecule has 2 atom stereocenters. The molecule has 1 heterocycles. The summed E-state index contributed by atoms with van der Waals surface area (Å²) in [7, 11) is 0. The number of hydrogen-bond acceptors (Lipinski definition) is 3. The Morgan fingerprint density at radius 2 is 2.10 bits per heavy atom. The minimum atomic E-state index is -0.439. The fraction of sp³-hybridized carbons (Fsp3) is 0.533. The molecule has 0 bridgehead atoms. The predicted molar refractivity (Wildman–Crippen MR) is 83.8 cm³/mol. The van der Waals surface area contributed by atoms with Crippen LogP contribution in [0.4, 0.5) is 10.1 Å². The molecule has 2 rings (SSSR count). The normalized spacial score (nSPS) is 23.0. The maximum Gasteiger partial charge on any atom is 0.225 e. The Morgan fingerprint density at radius 3 is 2.71 bits per heavy atom. The summed E-state index contributed by atoms with van der Waals surface area (Å²) in [6.07, 6.45) is 0.705. The summed E-state index contributed by atoms with van der Waals surface area (Å²) in [5.41, 5.74) is 0.215. The topological polar surface area (TPSA) is 41.6 Å². The molecule has 1 aromatic carbocycles. The van der Waals surface area contributed by atoms with Crippen LogP contribution in [-0.4, -0.2) is 42.6 Å². The minimum Gasteiger partial charge on any atom is -0.373 e. The van der Waals surface area contributed by atoms with Crippen molar-refractivity contribution in [3.63, 3.8) is 0 Å². The number of hydrogen-bond donors (Lipinski definition) is 1. The van der Waals surface area contributed by atoms with Gasteiger partial charge in [-0.15, -0.1) is 0 Å². The molecule has 2 unspecified atom stereocenters. The summed E-state index contributed by atoms with van der Waals surface area (Å²) < 4.78 is 19.9. The van der Waals surface area contributed by atoms with Gasteiger partial charge in [-0.1, -0.05) is 15.9 Å². The second kappa shape index (κ2) is 7.33. The highest BCUT2D eigenvalue weighted by molar-refractivity contribution is 9.10. The van der Waals surface area contributed by atoms with E-state index in [1.165, 1.54) is 6.07 Å². The van der Waals surface area contributed by atoms with Crippen LogP contribution in [-0.2, 0) is 9.53 Å². The molecule has 6 heteroatoms. The van der Waals surface area contributed by atoms with Crippen molar-refractivity contribution in [2.45, 2.75) is 32.5 Å². The molecule has 1 saturated heterocycles. The van der Waals surface area contributed by atoms with E-state index in [0.29, 0.717) is 17.4 Å². The second-order valence-corrected chi connectivity index (χ2v) is 6.35. The number of nitrogens with one attached hydrogen (secondary N) is 1. The summed E-state index contributed by atoms with van der Waals surface area (Å²) in [5, 5.41) is 2.61. The predicted octanol–water partition coefficient (Wildman–Crippen LogP) is 3.03. The Kier molecular flexibility index (Phi) is 5.72. The summed E-state index contributed by atoms with van der Waals surface area (Å²) in [5.74, 6) is -0.616. The molecule has 1 aliphatic rings. The highest BCUT2D eigenvalue weighted by Gasteiger charge is 2.22. The molecule has 4 nitrogen and oxygen atoms in total. The molecular weight excluding hydrogens is 339 g/mol. The maximum absolute atomic E-state index is 13.6. The molecule has 21 heavy (non-hydrogen) atoms. The standard InChI is InChI=1S/C15H20BrFN2O2/c1-10-8-19(9-11(2)21-10)6-5-15(20)18-14-4-3-12(16)7-13(14)17/h3-4,7,10-11H,5-6,8-9H2,1-2H3,(H,18,20). The first kappa shape index (κ1) is 16.4. The first-order valence-electron chi connectivity index (χ1n) is 7.06. The fourth-order valence-electron chi connectivity index (χ4n) is 2.53. The van der Waals surface area contributed by atoms with Crippen LogP contribution in [0.1, 0.15) is 20.3 Å². The number of morpholine rings is 1. The molecule has 116 valence electrons. The van der Waals surface area contributed by atoms with Gasteiger partial charge < -0.3 is 10.1 Å². The van der Waals surface area contributed by atoms with E-state index in [1.807, 2.05) is 13.8 Å². The Bertz CT molecular complexity index is 502. The molecule has 1 aromatic rings. The van der Waals surface area contributed by atoms with E-state index in [0.717, 1.165) is 13.1 Å². The number of ether oxygens (including phenoxy) is 1. The number of rotatable bonds is 4. The molecule has 0 saturated carbocycles. The molecule has 1 fully saturated rings. The van der Waals surface area contributed by atoms with Crippen LogP contribution in [0.3, 0.4) is 0 Å². The maximum atomic E-state index is 13.6. The molecule has 1 amide bonds. The molecule has 0 spiro atoms. The second-order valence-electron chi connectivity index (χ2n) is 5.44. The third kappa shape index (κ3) is 5.05. The third-order valence-electron chi connectivity index (χ3n) is 3.36. The number of carbonyl (C=O) groups excluding carboxylic acids is 1. The monoisotopic (exact) mass is 358 g/mol. The largest absolute Gasteiger partial charge is 0.373 e. The number of carbonyl (C=O) groups is 1. The zero-order valence-corrected chi connectivity index (χ0v) is 13.8. The third-order valence-corrected chi connectivity index (χ3v) is 3.85. The van der Waals surface area contributed by atoms with E-state index in [1.54, 1.807) is 12.1 Å². The Balaban J connectivity index is 1.82. The van der Waals surface area contributed by atoms with E-state index in [4.69, 9.17) is 4.74 Å². The van der Waals surface area contributed by atoms with Crippen molar-refractivity contribution < 1.29 is 13.9 Å². The highest BCUT2D eigenvalue weighted by atomic mass is 79.9. The molecular formula is C15H20BrFN2O2. The molecule has 1 aliphatic heterocycles. The van der Waals surface area contributed by atoms with Crippen molar-refractivity contribution in [2.24, 2.45) is 0 Å². The van der Waals surface area contributed by atoms with Crippen molar-refractivity contribution >= 4 is 27.5 Å². The Hall–Kier alpha value is -0.980. The fourth-order valence-corrected chi connectivity index (χ4v) is 2.86. The van der Waals surface area contributed by atoms with Crippen LogP contribution in [0.5, 0.6) is 0 Å². The zero-order chi connectivity index (χ0) is 15.4. The lowest BCUT2D eigenvalue weighted by atomic mass is 10.2. The van der Waals surface area contributed by atoms with Gasteiger partial charge in [0.2, 0.25) is 5.91 Å². The van der Waals surface area contributed by atoms with Crippen LogP contribution < -0.4 is 5.32 Å². The zero-order valence-electron chi connectivity index (χ0n) is 12.2. The van der Waals surface area contributed by atoms with Crippen molar-refractivity contribution in [2.75, 3.05) is 25.0 Å². The number of benzene rings is 1. The van der Waals surface area contributed by atoms with Gasteiger partial charge in [-0.05, 0) is 32.0 Å². The molecule has 0 aromatic heterocycles. The quantitative estimate of drug-likeness (QED) is 0.899. The first-order valence-corrected chi connectivity index (χ1v) is 7.86. The average molecular weight is 359 g/mol. The van der Waals surface area contributed by atoms with Crippen molar-refractivity contribution in [3.8, 4) is 0 Å². The Labute approximate surface area is 132 Å². The van der Waals surface area contributed by atoms with E-state index < -0.39 is 5.82 Å². The lowest BCUT2D eigenvalue weighted by molar-refractivity contribution is -0.117. The smallest absolute Gasteiger partial charge is 0.225 e. The van der Waals surface area contributed by atoms with Crippen LogP contribution in [0.15, 0.2) is 22.7 Å². The Morgan fingerprint density at radius 1 is 1.43 bits per heavy atom. The highest BCUT2D eigenvalue weighted by Crippen LogP contribution is 2.19. The van der Waals surface area contributed by atoms with Gasteiger partial charge in [0, 0.05) is 30.5 Å². The van der Waals surface area contributed by atoms with Crippen LogP contribution in [0.2, 0.25) is 0 Å².